The molecular formula is C11H14ClN2+. The van der Waals surface area contributed by atoms with Gasteiger partial charge in [-0.25, -0.2) is 0 Å². The number of fused-ring (bicyclic) bond motifs is 1. The molecule has 0 saturated heterocycles. The normalized spacial score (nSPS) is 11.4. The highest BCUT2D eigenvalue weighted by atomic mass is 35.5. The van der Waals surface area contributed by atoms with Crippen molar-refractivity contribution in [1.82, 2.24) is 4.98 Å². The van der Waals surface area contributed by atoms with Crippen LogP contribution in [0.25, 0.3) is 10.9 Å². The lowest BCUT2D eigenvalue weighted by molar-refractivity contribution is -0.872. The molecule has 0 spiro atoms. The molecule has 0 bridgehead atoms. The molecule has 0 radical (unpaired) electrons. The molecule has 1 aromatic carbocycles. The summed E-state index contributed by atoms with van der Waals surface area (Å²) < 4.78 is 0. The molecule has 0 aliphatic carbocycles. The number of H-pyrrole nitrogens is 1. The van der Waals surface area contributed by atoms with Crippen LogP contribution in [0.15, 0.2) is 24.4 Å². The van der Waals surface area contributed by atoms with Crippen LogP contribution in [0, 0.1) is 0 Å². The summed E-state index contributed by atoms with van der Waals surface area (Å²) in [5, 5.41) is 2.05. The first-order valence-electron chi connectivity index (χ1n) is 4.71. The summed E-state index contributed by atoms with van der Waals surface area (Å²) in [6.45, 7) is 1.03. The number of hydrogen-bond acceptors (Lipinski definition) is 0. The van der Waals surface area contributed by atoms with Gasteiger partial charge in [0.25, 0.3) is 0 Å². The summed E-state index contributed by atoms with van der Waals surface area (Å²) >= 11 is 5.91. The van der Waals surface area contributed by atoms with Crippen molar-refractivity contribution in [1.29, 1.82) is 0 Å². The fraction of sp³-hybridized carbons (Fsp3) is 0.273. The summed E-state index contributed by atoms with van der Waals surface area (Å²) in [6.07, 6.45) is 2.06. The van der Waals surface area contributed by atoms with E-state index in [0.717, 1.165) is 17.1 Å². The molecule has 0 aliphatic heterocycles. The van der Waals surface area contributed by atoms with E-state index in [2.05, 4.69) is 31.3 Å². The third-order valence-corrected chi connectivity index (χ3v) is 2.51. The molecule has 0 atom stereocenters. The molecule has 2 nitrogen and oxygen atoms in total. The van der Waals surface area contributed by atoms with Gasteiger partial charge in [0.2, 0.25) is 0 Å². The second-order valence-electron chi connectivity index (χ2n) is 3.89. The second-order valence-corrected chi connectivity index (χ2v) is 4.32. The molecule has 1 aromatic heterocycles. The van der Waals surface area contributed by atoms with Crippen LogP contribution in [0.5, 0.6) is 0 Å². The topological polar surface area (TPSA) is 20.2 Å². The minimum atomic E-state index is 0.781. The Labute approximate surface area is 88.5 Å². The van der Waals surface area contributed by atoms with Crippen LogP contribution >= 0.6 is 11.6 Å². The van der Waals surface area contributed by atoms with Gasteiger partial charge in [-0.15, -0.1) is 0 Å². The van der Waals surface area contributed by atoms with E-state index in [0.29, 0.717) is 0 Å². The van der Waals surface area contributed by atoms with Gasteiger partial charge in [0.05, 0.1) is 14.1 Å². The predicted octanol–water partition coefficient (Wildman–Crippen LogP) is 1.47. The Hall–Kier alpha value is -0.990. The molecule has 1 heterocycles. The quantitative estimate of drug-likeness (QED) is 0.747. The first-order chi connectivity index (χ1) is 6.66. The molecule has 2 aromatic rings. The van der Waals surface area contributed by atoms with Gasteiger partial charge >= 0.3 is 0 Å². The lowest BCUT2D eigenvalue weighted by Gasteiger charge is -2.05. The van der Waals surface area contributed by atoms with Gasteiger partial charge in [-0.1, -0.05) is 17.7 Å². The van der Waals surface area contributed by atoms with Crippen molar-refractivity contribution in [3.8, 4) is 0 Å². The van der Waals surface area contributed by atoms with E-state index in [4.69, 9.17) is 11.6 Å². The van der Waals surface area contributed by atoms with Crippen molar-refractivity contribution < 1.29 is 4.90 Å². The molecule has 2 N–H and O–H groups in total. The zero-order valence-corrected chi connectivity index (χ0v) is 9.15. The molecule has 0 saturated carbocycles. The van der Waals surface area contributed by atoms with Crippen molar-refractivity contribution in [3.63, 3.8) is 0 Å². The van der Waals surface area contributed by atoms with E-state index >= 15 is 0 Å². The first kappa shape index (κ1) is 9.56. The van der Waals surface area contributed by atoms with E-state index in [1.54, 1.807) is 0 Å². The summed E-state index contributed by atoms with van der Waals surface area (Å²) in [7, 11) is 4.30. The van der Waals surface area contributed by atoms with Gasteiger partial charge in [0, 0.05) is 27.7 Å². The first-order valence-corrected chi connectivity index (χ1v) is 5.09. The van der Waals surface area contributed by atoms with Crippen molar-refractivity contribution in [3.05, 3.63) is 35.0 Å². The Morgan fingerprint density at radius 2 is 2.14 bits per heavy atom. The lowest BCUT2D eigenvalue weighted by atomic mass is 10.2. The Kier molecular flexibility index (Phi) is 2.48. The molecule has 14 heavy (non-hydrogen) atoms. The molecule has 74 valence electrons. The van der Waals surface area contributed by atoms with Gasteiger partial charge in [0.1, 0.15) is 6.54 Å². The van der Waals surface area contributed by atoms with Crippen molar-refractivity contribution in [2.24, 2.45) is 0 Å². The standard InChI is InChI=1S/C11H13ClN2/c1-14(2)7-8-6-13-11-5-9(12)3-4-10(8)11/h3-6,13H,7H2,1-2H3/p+1. The van der Waals surface area contributed by atoms with Crippen molar-refractivity contribution in [2.75, 3.05) is 14.1 Å². The number of aromatic nitrogens is 1. The van der Waals surface area contributed by atoms with Crippen LogP contribution < -0.4 is 4.90 Å². The zero-order chi connectivity index (χ0) is 10.1. The molecule has 0 fully saturated rings. The Morgan fingerprint density at radius 3 is 2.86 bits per heavy atom. The van der Waals surface area contributed by atoms with Gasteiger partial charge in [-0.3, -0.25) is 0 Å². The van der Waals surface area contributed by atoms with E-state index in [-0.39, 0.29) is 0 Å². The lowest BCUT2D eigenvalue weighted by Crippen LogP contribution is -3.04. The minimum absolute atomic E-state index is 0.781. The number of quaternary nitrogens is 1. The third kappa shape index (κ3) is 1.76. The molecule has 0 unspecified atom stereocenters. The minimum Gasteiger partial charge on any atom is -0.361 e. The van der Waals surface area contributed by atoms with Crippen LogP contribution in [0.4, 0.5) is 0 Å². The highest BCUT2D eigenvalue weighted by Gasteiger charge is 2.06. The maximum Gasteiger partial charge on any atom is 0.104 e. The summed E-state index contributed by atoms with van der Waals surface area (Å²) in [4.78, 5) is 4.65. The summed E-state index contributed by atoms with van der Waals surface area (Å²) in [5.74, 6) is 0. The SMILES string of the molecule is C[NH+](C)Cc1c[nH]c2cc(Cl)ccc12. The van der Waals surface area contributed by atoms with Gasteiger partial charge in [-0.2, -0.15) is 0 Å². The van der Waals surface area contributed by atoms with Crippen molar-refractivity contribution >= 4 is 22.5 Å². The number of rotatable bonds is 2. The molecule has 0 amide bonds. The molecule has 0 aliphatic rings. The van der Waals surface area contributed by atoms with Crippen LogP contribution in [-0.4, -0.2) is 19.1 Å². The Balaban J connectivity index is 2.47. The maximum absolute atomic E-state index is 5.91. The van der Waals surface area contributed by atoms with E-state index < -0.39 is 0 Å². The largest absolute Gasteiger partial charge is 0.361 e. The number of benzene rings is 1. The van der Waals surface area contributed by atoms with Gasteiger partial charge < -0.3 is 9.88 Å². The van der Waals surface area contributed by atoms with Gasteiger partial charge in [0.15, 0.2) is 0 Å². The van der Waals surface area contributed by atoms with Gasteiger partial charge in [-0.05, 0) is 12.1 Å². The number of nitrogens with one attached hydrogen (secondary N) is 2. The van der Waals surface area contributed by atoms with E-state index in [1.165, 1.54) is 15.8 Å². The van der Waals surface area contributed by atoms with Crippen LogP contribution in [0.1, 0.15) is 5.56 Å². The molecule has 2 rings (SSSR count). The highest BCUT2D eigenvalue weighted by Crippen LogP contribution is 2.21. The zero-order valence-electron chi connectivity index (χ0n) is 8.39. The molecular weight excluding hydrogens is 196 g/mol. The number of aromatic amines is 1. The van der Waals surface area contributed by atoms with Crippen LogP contribution in [0.2, 0.25) is 5.02 Å². The monoisotopic (exact) mass is 209 g/mol. The fourth-order valence-electron chi connectivity index (χ4n) is 1.69. The highest BCUT2D eigenvalue weighted by molar-refractivity contribution is 6.31. The average Bonchev–Trinajstić information content (AvgIpc) is 2.47. The van der Waals surface area contributed by atoms with E-state index in [9.17, 15) is 0 Å². The smallest absolute Gasteiger partial charge is 0.104 e. The summed E-state index contributed by atoms with van der Waals surface area (Å²) in [6, 6.07) is 5.98. The number of hydrogen-bond donors (Lipinski definition) is 2. The number of halogens is 1. The Morgan fingerprint density at radius 1 is 1.36 bits per heavy atom. The third-order valence-electron chi connectivity index (χ3n) is 2.27. The van der Waals surface area contributed by atoms with Crippen LogP contribution in [-0.2, 0) is 6.54 Å². The Bertz CT molecular complexity index is 445. The summed E-state index contributed by atoms with van der Waals surface area (Å²) in [5.41, 5.74) is 2.46. The average molecular weight is 210 g/mol. The second kappa shape index (κ2) is 3.64. The van der Waals surface area contributed by atoms with Crippen molar-refractivity contribution in [2.45, 2.75) is 6.54 Å². The molecule has 3 heteroatoms. The maximum atomic E-state index is 5.91. The van der Waals surface area contributed by atoms with Crippen LogP contribution in [0.3, 0.4) is 0 Å². The fourth-order valence-corrected chi connectivity index (χ4v) is 1.86. The predicted molar refractivity (Wildman–Crippen MR) is 59.8 cm³/mol. The van der Waals surface area contributed by atoms with E-state index in [1.807, 2.05) is 12.1 Å².